The highest BCUT2D eigenvalue weighted by Gasteiger charge is 2.46. The third kappa shape index (κ3) is 4.52. The van der Waals surface area contributed by atoms with Gasteiger partial charge in [0.1, 0.15) is 11.6 Å². The molecule has 2 fully saturated rings. The standard InChI is InChI=1S/C25H22F4N4O2/c26-24(27)25(28,29)35-20-9-5-4-8-18(20)23(34)32-13-11-17-14-33(19(17)15-32)21-10-12-30-22(31-21)16-6-2-1-3-7-16/h1-10,12,17,19,24H,11,13-15H2. The minimum Gasteiger partial charge on any atom is -0.427 e. The van der Waals surface area contributed by atoms with Crippen molar-refractivity contribution in [3.63, 3.8) is 0 Å². The van der Waals surface area contributed by atoms with Gasteiger partial charge in [-0.3, -0.25) is 4.79 Å². The zero-order chi connectivity index (χ0) is 24.6. The smallest absolute Gasteiger partial charge is 0.427 e. The number of aromatic nitrogens is 2. The Balaban J connectivity index is 1.33. The first-order valence-electron chi connectivity index (χ1n) is 11.2. The summed E-state index contributed by atoms with van der Waals surface area (Å²) in [7, 11) is 0. The molecule has 35 heavy (non-hydrogen) atoms. The van der Waals surface area contributed by atoms with Crippen molar-refractivity contribution in [2.45, 2.75) is 25.0 Å². The second kappa shape index (κ2) is 9.16. The fourth-order valence-corrected chi connectivity index (χ4v) is 4.57. The summed E-state index contributed by atoms with van der Waals surface area (Å²) in [4.78, 5) is 25.9. The van der Waals surface area contributed by atoms with Gasteiger partial charge in [-0.05, 0) is 24.6 Å². The SMILES string of the molecule is O=C(c1ccccc1OC(F)(F)C(F)F)N1CCC2CN(c3ccnc(-c4ccccc4)n3)C2C1. The van der Waals surface area contributed by atoms with Crippen LogP contribution in [-0.2, 0) is 0 Å². The molecule has 0 aliphatic carbocycles. The molecule has 2 saturated heterocycles. The van der Waals surface area contributed by atoms with E-state index in [4.69, 9.17) is 4.98 Å². The Morgan fingerprint density at radius 3 is 2.54 bits per heavy atom. The molecular formula is C25H22F4N4O2. The van der Waals surface area contributed by atoms with Gasteiger partial charge >= 0.3 is 12.5 Å². The normalized spacial score (nSPS) is 19.8. The van der Waals surface area contributed by atoms with Crippen LogP contribution in [0.1, 0.15) is 16.8 Å². The minimum absolute atomic E-state index is 0.00167. The maximum atomic E-state index is 13.5. The molecule has 3 heterocycles. The van der Waals surface area contributed by atoms with E-state index in [2.05, 4.69) is 14.6 Å². The van der Waals surface area contributed by atoms with Gasteiger partial charge in [0, 0.05) is 37.3 Å². The number of hydrogen-bond acceptors (Lipinski definition) is 5. The van der Waals surface area contributed by atoms with Crippen LogP contribution in [0.5, 0.6) is 5.75 Å². The molecular weight excluding hydrogens is 464 g/mol. The number of rotatable bonds is 6. The van der Waals surface area contributed by atoms with E-state index in [-0.39, 0.29) is 11.6 Å². The number of piperidine rings is 1. The van der Waals surface area contributed by atoms with Crippen LogP contribution in [0.2, 0.25) is 0 Å². The van der Waals surface area contributed by atoms with Crippen LogP contribution >= 0.6 is 0 Å². The summed E-state index contributed by atoms with van der Waals surface area (Å²) in [6.45, 7) is 1.58. The summed E-state index contributed by atoms with van der Waals surface area (Å²) < 4.78 is 56.6. The monoisotopic (exact) mass is 486 g/mol. The molecule has 1 aromatic heterocycles. The van der Waals surface area contributed by atoms with Crippen LogP contribution in [0.3, 0.4) is 0 Å². The average molecular weight is 486 g/mol. The van der Waals surface area contributed by atoms with Crippen LogP contribution in [0.25, 0.3) is 11.4 Å². The zero-order valence-electron chi connectivity index (χ0n) is 18.5. The number of carbonyl (C=O) groups excluding carboxylic acids is 1. The fourth-order valence-electron chi connectivity index (χ4n) is 4.57. The van der Waals surface area contributed by atoms with E-state index in [1.165, 1.54) is 18.2 Å². The lowest BCUT2D eigenvalue weighted by Gasteiger charge is -2.54. The van der Waals surface area contributed by atoms with Crippen molar-refractivity contribution >= 4 is 11.7 Å². The molecule has 0 saturated carbocycles. The number of benzene rings is 2. The molecule has 10 heteroatoms. The molecule has 182 valence electrons. The van der Waals surface area contributed by atoms with E-state index in [9.17, 15) is 22.4 Å². The van der Waals surface area contributed by atoms with E-state index in [1.807, 2.05) is 36.4 Å². The number of alkyl halides is 4. The molecule has 2 aromatic carbocycles. The highest BCUT2D eigenvalue weighted by atomic mass is 19.3. The van der Waals surface area contributed by atoms with Crippen LogP contribution in [-0.4, -0.2) is 59.0 Å². The number of carbonyl (C=O) groups is 1. The number of fused-ring (bicyclic) bond motifs is 1. The van der Waals surface area contributed by atoms with Gasteiger partial charge < -0.3 is 14.5 Å². The molecule has 5 rings (SSSR count). The first-order valence-corrected chi connectivity index (χ1v) is 11.2. The molecule has 2 aliphatic heterocycles. The summed E-state index contributed by atoms with van der Waals surface area (Å²) in [6, 6.07) is 16.6. The van der Waals surface area contributed by atoms with Crippen molar-refractivity contribution in [1.29, 1.82) is 0 Å². The fraction of sp³-hybridized carbons (Fsp3) is 0.320. The number of nitrogens with zero attached hydrogens (tertiary/aromatic N) is 4. The number of halogens is 4. The Labute approximate surface area is 199 Å². The number of amides is 1. The predicted molar refractivity (Wildman–Crippen MR) is 121 cm³/mol. The first-order chi connectivity index (χ1) is 16.8. The molecule has 3 aromatic rings. The topological polar surface area (TPSA) is 58.6 Å². The molecule has 0 bridgehead atoms. The van der Waals surface area contributed by atoms with Crippen molar-refractivity contribution in [2.24, 2.45) is 5.92 Å². The molecule has 0 N–H and O–H groups in total. The van der Waals surface area contributed by atoms with E-state index in [0.717, 1.165) is 30.4 Å². The van der Waals surface area contributed by atoms with E-state index in [1.54, 1.807) is 11.1 Å². The summed E-state index contributed by atoms with van der Waals surface area (Å²) in [5.41, 5.74) is 0.717. The van der Waals surface area contributed by atoms with Crippen LogP contribution in [0.4, 0.5) is 23.4 Å². The maximum absolute atomic E-state index is 13.5. The van der Waals surface area contributed by atoms with E-state index in [0.29, 0.717) is 24.8 Å². The Morgan fingerprint density at radius 1 is 1.03 bits per heavy atom. The molecule has 1 amide bonds. The van der Waals surface area contributed by atoms with Gasteiger partial charge in [0.15, 0.2) is 5.82 Å². The molecule has 0 radical (unpaired) electrons. The predicted octanol–water partition coefficient (Wildman–Crippen LogP) is 4.73. The third-order valence-electron chi connectivity index (χ3n) is 6.42. The highest BCUT2D eigenvalue weighted by molar-refractivity contribution is 5.97. The largest absolute Gasteiger partial charge is 0.461 e. The molecule has 2 unspecified atom stereocenters. The van der Waals surface area contributed by atoms with Gasteiger partial charge in [0.2, 0.25) is 0 Å². The molecule has 2 atom stereocenters. The summed E-state index contributed by atoms with van der Waals surface area (Å²) in [5.74, 6) is 0.599. The quantitative estimate of drug-likeness (QED) is 0.472. The average Bonchev–Trinajstić information content (AvgIpc) is 2.85. The first kappa shape index (κ1) is 23.1. The van der Waals surface area contributed by atoms with Crippen LogP contribution in [0.15, 0.2) is 66.9 Å². The Bertz CT molecular complexity index is 1210. The highest BCUT2D eigenvalue weighted by Crippen LogP contribution is 2.37. The lowest BCUT2D eigenvalue weighted by molar-refractivity contribution is -0.253. The van der Waals surface area contributed by atoms with Crippen molar-refractivity contribution < 1.29 is 27.1 Å². The molecule has 2 aliphatic rings. The number of anilines is 1. The van der Waals surface area contributed by atoms with E-state index < -0.39 is 24.2 Å². The number of hydrogen-bond donors (Lipinski definition) is 0. The molecule has 6 nitrogen and oxygen atoms in total. The Kier molecular flexibility index (Phi) is 6.04. The lowest BCUT2D eigenvalue weighted by Crippen LogP contribution is -2.65. The van der Waals surface area contributed by atoms with E-state index >= 15 is 0 Å². The Hall–Kier alpha value is -3.69. The number of ether oxygens (including phenoxy) is 1. The van der Waals surface area contributed by atoms with Gasteiger partial charge in [0.05, 0.1) is 11.6 Å². The summed E-state index contributed by atoms with van der Waals surface area (Å²) in [6.07, 6.45) is -6.28. The lowest BCUT2D eigenvalue weighted by atomic mass is 9.82. The van der Waals surface area contributed by atoms with Crippen molar-refractivity contribution in [3.8, 4) is 17.1 Å². The van der Waals surface area contributed by atoms with Crippen LogP contribution < -0.4 is 9.64 Å². The van der Waals surface area contributed by atoms with Crippen molar-refractivity contribution in [2.75, 3.05) is 24.5 Å². The van der Waals surface area contributed by atoms with Crippen molar-refractivity contribution in [3.05, 3.63) is 72.4 Å². The van der Waals surface area contributed by atoms with Gasteiger partial charge in [-0.1, -0.05) is 42.5 Å². The maximum Gasteiger partial charge on any atom is 0.461 e. The summed E-state index contributed by atoms with van der Waals surface area (Å²) in [5, 5.41) is 0. The van der Waals surface area contributed by atoms with Gasteiger partial charge in [-0.2, -0.15) is 17.6 Å². The van der Waals surface area contributed by atoms with Gasteiger partial charge in [0.25, 0.3) is 5.91 Å². The van der Waals surface area contributed by atoms with Gasteiger partial charge in [-0.25, -0.2) is 9.97 Å². The van der Waals surface area contributed by atoms with Crippen molar-refractivity contribution in [1.82, 2.24) is 14.9 Å². The minimum atomic E-state index is -4.70. The number of likely N-dealkylation sites (tertiary alicyclic amines) is 1. The Morgan fingerprint density at radius 2 is 1.77 bits per heavy atom. The second-order valence-electron chi connectivity index (χ2n) is 8.58. The second-order valence-corrected chi connectivity index (χ2v) is 8.58. The third-order valence-corrected chi connectivity index (χ3v) is 6.42. The van der Waals surface area contributed by atoms with Crippen LogP contribution in [0, 0.1) is 5.92 Å². The zero-order valence-corrected chi connectivity index (χ0v) is 18.5. The number of para-hydroxylation sites is 1. The van der Waals surface area contributed by atoms with Gasteiger partial charge in [-0.15, -0.1) is 0 Å². The summed E-state index contributed by atoms with van der Waals surface area (Å²) >= 11 is 0. The molecule has 0 spiro atoms.